The van der Waals surface area contributed by atoms with Gasteiger partial charge in [-0.2, -0.15) is 0 Å². The van der Waals surface area contributed by atoms with E-state index in [1.807, 2.05) is 12.1 Å². The van der Waals surface area contributed by atoms with E-state index in [1.54, 1.807) is 6.07 Å². The zero-order valence-electron chi connectivity index (χ0n) is 13.2. The first-order chi connectivity index (χ1) is 11.8. The van der Waals surface area contributed by atoms with Crippen LogP contribution in [0.4, 0.5) is 0 Å². The molecule has 4 aromatic carbocycles. The number of phenolic OH excluding ortho intramolecular Hbond substituents is 1. The Balaban J connectivity index is 1.63. The molecule has 0 saturated carbocycles. The van der Waals surface area contributed by atoms with Crippen molar-refractivity contribution in [1.29, 1.82) is 0 Å². The molecule has 0 heterocycles. The van der Waals surface area contributed by atoms with Crippen molar-refractivity contribution in [2.45, 2.75) is 18.3 Å². The summed E-state index contributed by atoms with van der Waals surface area (Å²) in [5.74, 6) is 1.39. The molecular weight excluding hydrogens is 292 g/mol. The normalized spacial score (nSPS) is 20.5. The number of phenols is 1. The van der Waals surface area contributed by atoms with Crippen LogP contribution in [0, 0.1) is 0 Å². The summed E-state index contributed by atoms with van der Waals surface area (Å²) in [7, 11) is 0. The van der Waals surface area contributed by atoms with Crippen molar-refractivity contribution in [2.75, 3.05) is 0 Å². The van der Waals surface area contributed by atoms with Crippen molar-refractivity contribution in [3.05, 3.63) is 89.0 Å². The summed E-state index contributed by atoms with van der Waals surface area (Å²) in [5, 5.41) is 14.8. The molecule has 2 bridgehead atoms. The Morgan fingerprint density at radius 2 is 1.08 bits per heavy atom. The third kappa shape index (κ3) is 1.50. The Labute approximate surface area is 140 Å². The van der Waals surface area contributed by atoms with Gasteiger partial charge in [0, 0.05) is 11.8 Å². The van der Waals surface area contributed by atoms with Crippen molar-refractivity contribution < 1.29 is 5.11 Å². The van der Waals surface area contributed by atoms with Crippen LogP contribution in [0.25, 0.3) is 21.5 Å². The second-order valence-corrected chi connectivity index (χ2v) is 7.18. The van der Waals surface area contributed by atoms with Crippen LogP contribution in [0.3, 0.4) is 0 Å². The van der Waals surface area contributed by atoms with Gasteiger partial charge in [0.05, 0.1) is 0 Å². The molecule has 24 heavy (non-hydrogen) atoms. The Bertz CT molecular complexity index is 1160. The molecule has 1 nitrogen and oxygen atoms in total. The lowest BCUT2D eigenvalue weighted by Gasteiger charge is -2.21. The highest BCUT2D eigenvalue weighted by Gasteiger charge is 2.41. The highest BCUT2D eigenvalue weighted by atomic mass is 16.3. The van der Waals surface area contributed by atoms with Gasteiger partial charge in [0.2, 0.25) is 0 Å². The van der Waals surface area contributed by atoms with E-state index in [4.69, 9.17) is 0 Å². The number of aromatic hydroxyl groups is 1. The lowest BCUT2D eigenvalue weighted by atomic mass is 9.83. The second kappa shape index (κ2) is 4.18. The van der Waals surface area contributed by atoms with Crippen LogP contribution in [-0.2, 0) is 0 Å². The SMILES string of the molecule is Oc1ccc2cc3c(cc2c1)C1CC3c2cc3ccccc3cc21. The van der Waals surface area contributed by atoms with Gasteiger partial charge in [0.25, 0.3) is 0 Å². The van der Waals surface area contributed by atoms with Crippen LogP contribution in [0.15, 0.2) is 66.7 Å². The molecule has 0 spiro atoms. The van der Waals surface area contributed by atoms with Crippen molar-refractivity contribution in [3.8, 4) is 5.75 Å². The molecule has 0 amide bonds. The minimum absolute atomic E-state index is 0.344. The smallest absolute Gasteiger partial charge is 0.116 e. The molecule has 114 valence electrons. The molecule has 2 atom stereocenters. The fourth-order valence-electron chi connectivity index (χ4n) is 4.88. The first kappa shape index (κ1) is 12.6. The van der Waals surface area contributed by atoms with Gasteiger partial charge in [-0.1, -0.05) is 54.6 Å². The average Bonchev–Trinajstić information content (AvgIpc) is 3.14. The highest BCUT2D eigenvalue weighted by molar-refractivity contribution is 5.89. The summed E-state index contributed by atoms with van der Waals surface area (Å²) in [5.41, 5.74) is 5.97. The molecule has 0 radical (unpaired) electrons. The molecular formula is C23H16O. The van der Waals surface area contributed by atoms with Gasteiger partial charge in [-0.25, -0.2) is 0 Å². The summed E-state index contributed by atoms with van der Waals surface area (Å²) in [6.45, 7) is 0. The third-order valence-corrected chi connectivity index (χ3v) is 5.95. The van der Waals surface area contributed by atoms with Crippen LogP contribution < -0.4 is 0 Å². The zero-order valence-corrected chi connectivity index (χ0v) is 13.2. The van der Waals surface area contributed by atoms with Crippen molar-refractivity contribution in [3.63, 3.8) is 0 Å². The molecule has 2 unspecified atom stereocenters. The van der Waals surface area contributed by atoms with Gasteiger partial charge in [-0.15, -0.1) is 0 Å². The zero-order chi connectivity index (χ0) is 15.8. The molecule has 0 saturated heterocycles. The number of hydrogen-bond donors (Lipinski definition) is 1. The maximum atomic E-state index is 9.79. The molecule has 0 fully saturated rings. The third-order valence-electron chi connectivity index (χ3n) is 5.95. The molecule has 0 aliphatic heterocycles. The van der Waals surface area contributed by atoms with Crippen LogP contribution in [0.2, 0.25) is 0 Å². The number of rotatable bonds is 0. The van der Waals surface area contributed by atoms with Crippen LogP contribution in [0.1, 0.15) is 40.5 Å². The van der Waals surface area contributed by atoms with Crippen LogP contribution in [0.5, 0.6) is 5.75 Å². The molecule has 2 aliphatic carbocycles. The van der Waals surface area contributed by atoms with Gasteiger partial charge >= 0.3 is 0 Å². The van der Waals surface area contributed by atoms with Crippen molar-refractivity contribution in [2.24, 2.45) is 0 Å². The largest absolute Gasteiger partial charge is 0.508 e. The predicted octanol–water partition coefficient (Wildman–Crippen LogP) is 5.68. The lowest BCUT2D eigenvalue weighted by Crippen LogP contribution is -2.03. The summed E-state index contributed by atoms with van der Waals surface area (Å²) in [6.07, 6.45) is 1.20. The molecule has 1 heteroatoms. The Kier molecular flexibility index (Phi) is 2.20. The molecule has 6 rings (SSSR count). The second-order valence-electron chi connectivity index (χ2n) is 7.18. The highest BCUT2D eigenvalue weighted by Crippen LogP contribution is 2.57. The fourth-order valence-corrected chi connectivity index (χ4v) is 4.88. The van der Waals surface area contributed by atoms with E-state index in [1.165, 1.54) is 44.8 Å². The topological polar surface area (TPSA) is 20.2 Å². The van der Waals surface area contributed by atoms with E-state index in [0.717, 1.165) is 5.39 Å². The number of hydrogen-bond acceptors (Lipinski definition) is 1. The standard InChI is InChI=1S/C23H16O/c24-17-6-5-15-10-20-21(11-16(15)7-17)23-12-22(20)18-8-13-3-1-2-4-14(13)9-19(18)23/h1-11,22-24H,12H2. The summed E-state index contributed by atoms with van der Waals surface area (Å²) < 4.78 is 0. The van der Waals surface area contributed by atoms with Crippen molar-refractivity contribution in [1.82, 2.24) is 0 Å². The number of benzene rings is 4. The Morgan fingerprint density at radius 1 is 0.583 bits per heavy atom. The molecule has 0 aromatic heterocycles. The van der Waals surface area contributed by atoms with Gasteiger partial charge in [-0.05, 0) is 62.4 Å². The Morgan fingerprint density at radius 3 is 1.67 bits per heavy atom. The summed E-state index contributed by atoms with van der Waals surface area (Å²) in [4.78, 5) is 0. The number of fused-ring (bicyclic) bond motifs is 10. The maximum Gasteiger partial charge on any atom is 0.116 e. The van der Waals surface area contributed by atoms with Crippen molar-refractivity contribution >= 4 is 21.5 Å². The quantitative estimate of drug-likeness (QED) is 0.443. The van der Waals surface area contributed by atoms with Gasteiger partial charge in [0.15, 0.2) is 0 Å². The minimum Gasteiger partial charge on any atom is -0.508 e. The monoisotopic (exact) mass is 308 g/mol. The summed E-state index contributed by atoms with van der Waals surface area (Å²) in [6, 6.07) is 23.8. The molecule has 2 aliphatic rings. The molecule has 1 N–H and O–H groups in total. The average molecular weight is 308 g/mol. The van der Waals surface area contributed by atoms with Crippen LogP contribution in [-0.4, -0.2) is 5.11 Å². The van der Waals surface area contributed by atoms with Gasteiger partial charge in [0.1, 0.15) is 5.75 Å². The molecule has 4 aromatic rings. The van der Waals surface area contributed by atoms with E-state index in [0.29, 0.717) is 17.6 Å². The van der Waals surface area contributed by atoms with E-state index in [2.05, 4.69) is 48.5 Å². The lowest BCUT2D eigenvalue weighted by molar-refractivity contribution is 0.476. The van der Waals surface area contributed by atoms with Crippen LogP contribution >= 0.6 is 0 Å². The fraction of sp³-hybridized carbons (Fsp3) is 0.130. The first-order valence-corrected chi connectivity index (χ1v) is 8.57. The van der Waals surface area contributed by atoms with E-state index in [9.17, 15) is 5.11 Å². The van der Waals surface area contributed by atoms with Gasteiger partial charge in [-0.3, -0.25) is 0 Å². The van der Waals surface area contributed by atoms with E-state index < -0.39 is 0 Å². The Hall–Kier alpha value is -2.80. The maximum absolute atomic E-state index is 9.79. The summed E-state index contributed by atoms with van der Waals surface area (Å²) >= 11 is 0. The predicted molar refractivity (Wildman–Crippen MR) is 97.9 cm³/mol. The van der Waals surface area contributed by atoms with Gasteiger partial charge < -0.3 is 5.11 Å². The van der Waals surface area contributed by atoms with E-state index >= 15 is 0 Å². The van der Waals surface area contributed by atoms with E-state index in [-0.39, 0.29) is 0 Å². The first-order valence-electron chi connectivity index (χ1n) is 8.57. The minimum atomic E-state index is 0.344.